The van der Waals surface area contributed by atoms with Crippen molar-refractivity contribution in [3.63, 3.8) is 0 Å². The first-order chi connectivity index (χ1) is 13.6. The highest BCUT2D eigenvalue weighted by molar-refractivity contribution is 7.16. The van der Waals surface area contributed by atoms with Crippen molar-refractivity contribution in [2.45, 2.75) is 26.2 Å². The molecule has 0 bridgehead atoms. The number of pyridine rings is 1. The van der Waals surface area contributed by atoms with E-state index >= 15 is 0 Å². The number of anilines is 2. The molecule has 1 fully saturated rings. The average molecular weight is 396 g/mol. The van der Waals surface area contributed by atoms with Crippen LogP contribution in [0, 0.1) is 17.2 Å². The van der Waals surface area contributed by atoms with E-state index in [1.807, 2.05) is 24.4 Å². The third-order valence-corrected chi connectivity index (χ3v) is 6.76. The molecule has 3 heterocycles. The molecule has 2 aliphatic rings. The average Bonchev–Trinajstić information content (AvgIpc) is 3.04. The van der Waals surface area contributed by atoms with Gasteiger partial charge in [0.1, 0.15) is 16.9 Å². The van der Waals surface area contributed by atoms with Gasteiger partial charge in [-0.2, -0.15) is 5.26 Å². The van der Waals surface area contributed by atoms with E-state index in [1.54, 1.807) is 11.3 Å². The van der Waals surface area contributed by atoms with Crippen LogP contribution in [-0.2, 0) is 17.6 Å². The van der Waals surface area contributed by atoms with Crippen molar-refractivity contribution in [2.24, 2.45) is 5.92 Å². The fourth-order valence-electron chi connectivity index (χ4n) is 4.00. The molecule has 1 saturated heterocycles. The second-order valence-corrected chi connectivity index (χ2v) is 8.77. The van der Waals surface area contributed by atoms with Gasteiger partial charge in [-0.05, 0) is 42.9 Å². The van der Waals surface area contributed by atoms with Gasteiger partial charge in [0.15, 0.2) is 0 Å². The number of fused-ring (bicyclic) bond motifs is 1. The van der Waals surface area contributed by atoms with E-state index in [-0.39, 0.29) is 5.91 Å². The molecule has 7 heteroatoms. The van der Waals surface area contributed by atoms with Crippen LogP contribution in [0.4, 0.5) is 10.8 Å². The van der Waals surface area contributed by atoms with Gasteiger partial charge in [-0.15, -0.1) is 11.3 Å². The number of piperazine rings is 1. The number of carbonyl (C=O) groups is 1. The second-order valence-electron chi connectivity index (χ2n) is 7.67. The zero-order valence-corrected chi connectivity index (χ0v) is 17.0. The van der Waals surface area contributed by atoms with Crippen LogP contribution >= 0.6 is 11.3 Å². The van der Waals surface area contributed by atoms with E-state index in [0.29, 0.717) is 18.0 Å². The lowest BCUT2D eigenvalue weighted by molar-refractivity contribution is -0.117. The highest BCUT2D eigenvalue weighted by Crippen LogP contribution is 2.39. The van der Waals surface area contributed by atoms with E-state index in [1.165, 1.54) is 4.88 Å². The quantitative estimate of drug-likeness (QED) is 0.862. The van der Waals surface area contributed by atoms with Crippen LogP contribution in [0.1, 0.15) is 29.3 Å². The number of amides is 1. The van der Waals surface area contributed by atoms with Crippen LogP contribution < -0.4 is 10.2 Å². The van der Waals surface area contributed by atoms with Crippen molar-refractivity contribution < 1.29 is 4.79 Å². The zero-order chi connectivity index (χ0) is 19.5. The number of hydrogen-bond acceptors (Lipinski definition) is 6. The maximum atomic E-state index is 12.6. The second kappa shape index (κ2) is 8.29. The Balaban J connectivity index is 1.34. The zero-order valence-electron chi connectivity index (χ0n) is 16.1. The van der Waals surface area contributed by atoms with E-state index in [0.717, 1.165) is 61.8 Å². The van der Waals surface area contributed by atoms with Gasteiger partial charge in [0.05, 0.1) is 12.1 Å². The van der Waals surface area contributed by atoms with Gasteiger partial charge in [0.25, 0.3) is 0 Å². The molecule has 1 amide bonds. The molecule has 6 nitrogen and oxygen atoms in total. The van der Waals surface area contributed by atoms with Crippen molar-refractivity contribution in [1.29, 1.82) is 5.26 Å². The third-order valence-electron chi connectivity index (χ3n) is 5.59. The van der Waals surface area contributed by atoms with Crippen LogP contribution in [-0.4, -0.2) is 48.5 Å². The number of nitriles is 1. The molecule has 28 heavy (non-hydrogen) atoms. The Morgan fingerprint density at radius 3 is 2.89 bits per heavy atom. The minimum atomic E-state index is -0.0329. The van der Waals surface area contributed by atoms with E-state index < -0.39 is 0 Å². The Morgan fingerprint density at radius 1 is 1.36 bits per heavy atom. The maximum Gasteiger partial charge on any atom is 0.239 e. The van der Waals surface area contributed by atoms with E-state index in [4.69, 9.17) is 0 Å². The minimum Gasteiger partial charge on any atom is -0.354 e. The maximum absolute atomic E-state index is 12.6. The molecular weight excluding hydrogens is 370 g/mol. The Bertz CT molecular complexity index is 880. The molecule has 0 spiro atoms. The Labute approximate surface area is 169 Å². The molecule has 4 rings (SSSR count). The highest BCUT2D eigenvalue weighted by atomic mass is 32.1. The van der Waals surface area contributed by atoms with Gasteiger partial charge < -0.3 is 10.2 Å². The van der Waals surface area contributed by atoms with Crippen molar-refractivity contribution in [3.05, 3.63) is 40.4 Å². The molecule has 2 aromatic heterocycles. The van der Waals surface area contributed by atoms with Gasteiger partial charge in [-0.1, -0.05) is 13.0 Å². The molecule has 1 atom stereocenters. The summed E-state index contributed by atoms with van der Waals surface area (Å²) >= 11 is 1.59. The van der Waals surface area contributed by atoms with Crippen LogP contribution in [0.5, 0.6) is 0 Å². The monoisotopic (exact) mass is 395 g/mol. The molecule has 1 aliphatic heterocycles. The SMILES string of the molecule is C[C@@H]1CCc2c(sc(NC(=O)CN3CCN(c4ccccn4)CC3)c2C#N)C1. The number of hydrogen-bond donors (Lipinski definition) is 1. The van der Waals surface area contributed by atoms with Crippen LogP contribution in [0.3, 0.4) is 0 Å². The van der Waals surface area contributed by atoms with Gasteiger partial charge in [-0.3, -0.25) is 9.69 Å². The summed E-state index contributed by atoms with van der Waals surface area (Å²) in [4.78, 5) is 22.7. The smallest absolute Gasteiger partial charge is 0.239 e. The Kier molecular flexibility index (Phi) is 5.60. The molecular formula is C21H25N5OS. The van der Waals surface area contributed by atoms with Gasteiger partial charge >= 0.3 is 0 Å². The number of thiophene rings is 1. The first-order valence-electron chi connectivity index (χ1n) is 9.87. The largest absolute Gasteiger partial charge is 0.354 e. The van der Waals surface area contributed by atoms with Gasteiger partial charge in [0.2, 0.25) is 5.91 Å². The summed E-state index contributed by atoms with van der Waals surface area (Å²) in [6.45, 7) is 5.98. The molecule has 1 aliphatic carbocycles. The van der Waals surface area contributed by atoms with Gasteiger partial charge in [-0.25, -0.2) is 4.98 Å². The standard InChI is InChI=1S/C21H25N5OS/c1-15-5-6-16-17(13-22)21(28-18(16)12-15)24-20(27)14-25-8-10-26(11-9-25)19-4-2-3-7-23-19/h2-4,7,15H,5-6,8-12,14H2,1H3,(H,24,27)/t15-/m1/s1. The summed E-state index contributed by atoms with van der Waals surface area (Å²) in [6, 6.07) is 8.25. The van der Waals surface area contributed by atoms with Gasteiger partial charge in [0, 0.05) is 37.3 Å². The molecule has 0 radical (unpaired) electrons. The summed E-state index contributed by atoms with van der Waals surface area (Å²) in [6.07, 6.45) is 4.89. The summed E-state index contributed by atoms with van der Waals surface area (Å²) < 4.78 is 0. The van der Waals surface area contributed by atoms with E-state index in [9.17, 15) is 10.1 Å². The minimum absolute atomic E-state index is 0.0329. The van der Waals surface area contributed by atoms with Crippen molar-refractivity contribution in [2.75, 3.05) is 42.9 Å². The molecule has 146 valence electrons. The summed E-state index contributed by atoms with van der Waals surface area (Å²) in [5.74, 6) is 1.61. The van der Waals surface area contributed by atoms with E-state index in [2.05, 4.69) is 33.1 Å². The predicted octanol–water partition coefficient (Wildman–Crippen LogP) is 2.90. The number of nitrogens with one attached hydrogen (secondary N) is 1. The number of nitrogens with zero attached hydrogens (tertiary/aromatic N) is 4. The van der Waals surface area contributed by atoms with Crippen LogP contribution in [0.2, 0.25) is 0 Å². The number of rotatable bonds is 4. The summed E-state index contributed by atoms with van der Waals surface area (Å²) in [5.41, 5.74) is 1.84. The number of aromatic nitrogens is 1. The lowest BCUT2D eigenvalue weighted by Crippen LogP contribution is -2.48. The predicted molar refractivity (Wildman–Crippen MR) is 112 cm³/mol. The lowest BCUT2D eigenvalue weighted by Gasteiger charge is -2.34. The van der Waals surface area contributed by atoms with Crippen LogP contribution in [0.25, 0.3) is 0 Å². The molecule has 0 saturated carbocycles. The summed E-state index contributed by atoms with van der Waals surface area (Å²) in [7, 11) is 0. The van der Waals surface area contributed by atoms with Crippen molar-refractivity contribution >= 4 is 28.1 Å². The van der Waals surface area contributed by atoms with Crippen molar-refractivity contribution in [1.82, 2.24) is 9.88 Å². The molecule has 0 aromatic carbocycles. The Morgan fingerprint density at radius 2 is 2.18 bits per heavy atom. The third kappa shape index (κ3) is 4.03. The fourth-order valence-corrected chi connectivity index (χ4v) is 5.38. The normalized spacial score (nSPS) is 19.7. The molecule has 0 unspecified atom stereocenters. The topological polar surface area (TPSA) is 72.3 Å². The molecule has 1 N–H and O–H groups in total. The number of carbonyl (C=O) groups excluding carboxylic acids is 1. The first kappa shape index (κ1) is 18.9. The van der Waals surface area contributed by atoms with Crippen molar-refractivity contribution in [3.8, 4) is 6.07 Å². The highest BCUT2D eigenvalue weighted by Gasteiger charge is 2.25. The first-order valence-corrected chi connectivity index (χ1v) is 10.7. The molecule has 2 aromatic rings. The lowest BCUT2D eigenvalue weighted by atomic mass is 9.89. The summed E-state index contributed by atoms with van der Waals surface area (Å²) in [5, 5.41) is 13.3. The fraction of sp³-hybridized carbons (Fsp3) is 0.476. The van der Waals surface area contributed by atoms with Crippen LogP contribution in [0.15, 0.2) is 24.4 Å². The Hall–Kier alpha value is -2.43.